The summed E-state index contributed by atoms with van der Waals surface area (Å²) in [4.78, 5) is 14.4. The van der Waals surface area contributed by atoms with E-state index < -0.39 is 0 Å². The third kappa shape index (κ3) is 3.31. The van der Waals surface area contributed by atoms with Gasteiger partial charge in [-0.2, -0.15) is 0 Å². The number of benzene rings is 2. The molecule has 1 amide bonds. The maximum absolute atomic E-state index is 12.1. The first-order valence-electron chi connectivity index (χ1n) is 7.35. The Morgan fingerprint density at radius 2 is 1.90 bits per heavy atom. The van der Waals surface area contributed by atoms with Crippen LogP contribution < -0.4 is 5.32 Å². The lowest BCUT2D eigenvalue weighted by atomic mass is 10.1. The van der Waals surface area contributed by atoms with Crippen LogP contribution in [0, 0.1) is 0 Å². The standard InChI is InChI=1S/C18H20N2O/c1-20-12-15-8-5-9-17(16(15)13-20)19-18(21)11-10-14-6-3-2-4-7-14/h2-9H,10-13H2,1H3,(H,19,21). The highest BCUT2D eigenvalue weighted by Crippen LogP contribution is 2.28. The molecule has 1 aliphatic heterocycles. The molecular weight excluding hydrogens is 260 g/mol. The van der Waals surface area contributed by atoms with Crippen LogP contribution in [0.2, 0.25) is 0 Å². The second kappa shape index (κ2) is 6.10. The van der Waals surface area contributed by atoms with Gasteiger partial charge in [0.25, 0.3) is 0 Å². The molecule has 0 unspecified atom stereocenters. The third-order valence-corrected chi connectivity index (χ3v) is 3.90. The van der Waals surface area contributed by atoms with Crippen molar-refractivity contribution in [3.63, 3.8) is 0 Å². The van der Waals surface area contributed by atoms with Crippen molar-refractivity contribution in [3.05, 3.63) is 65.2 Å². The Labute approximate surface area is 125 Å². The first kappa shape index (κ1) is 13.8. The molecule has 0 fully saturated rings. The van der Waals surface area contributed by atoms with Crippen molar-refractivity contribution < 1.29 is 4.79 Å². The van der Waals surface area contributed by atoms with Crippen LogP contribution in [0.3, 0.4) is 0 Å². The van der Waals surface area contributed by atoms with Gasteiger partial charge in [-0.1, -0.05) is 42.5 Å². The Hall–Kier alpha value is -2.13. The number of hydrogen-bond acceptors (Lipinski definition) is 2. The van der Waals surface area contributed by atoms with Gasteiger partial charge < -0.3 is 5.32 Å². The molecule has 3 rings (SSSR count). The summed E-state index contributed by atoms with van der Waals surface area (Å²) in [6.07, 6.45) is 1.30. The predicted octanol–water partition coefficient (Wildman–Crippen LogP) is 3.20. The molecule has 0 radical (unpaired) electrons. The number of aryl methyl sites for hydroxylation is 1. The van der Waals surface area contributed by atoms with Crippen molar-refractivity contribution >= 4 is 11.6 Å². The molecule has 108 valence electrons. The molecule has 21 heavy (non-hydrogen) atoms. The van der Waals surface area contributed by atoms with E-state index in [1.165, 1.54) is 16.7 Å². The van der Waals surface area contributed by atoms with Gasteiger partial charge in [-0.05, 0) is 36.2 Å². The lowest BCUT2D eigenvalue weighted by molar-refractivity contribution is -0.116. The summed E-state index contributed by atoms with van der Waals surface area (Å²) in [5.74, 6) is 0.0850. The highest BCUT2D eigenvalue weighted by atomic mass is 16.1. The average molecular weight is 280 g/mol. The predicted molar refractivity (Wildman–Crippen MR) is 85.0 cm³/mol. The lowest BCUT2D eigenvalue weighted by Crippen LogP contribution is -2.14. The first-order valence-corrected chi connectivity index (χ1v) is 7.35. The van der Waals surface area contributed by atoms with E-state index in [0.29, 0.717) is 6.42 Å². The van der Waals surface area contributed by atoms with E-state index in [2.05, 4.69) is 35.5 Å². The smallest absolute Gasteiger partial charge is 0.224 e. The SMILES string of the molecule is CN1Cc2cccc(NC(=O)CCc3ccccc3)c2C1. The molecule has 0 aliphatic carbocycles. The van der Waals surface area contributed by atoms with Gasteiger partial charge in [-0.25, -0.2) is 0 Å². The van der Waals surface area contributed by atoms with Crippen LogP contribution >= 0.6 is 0 Å². The Morgan fingerprint density at radius 3 is 2.71 bits per heavy atom. The van der Waals surface area contributed by atoms with Crippen LogP contribution in [0.5, 0.6) is 0 Å². The second-order valence-electron chi connectivity index (χ2n) is 5.65. The minimum absolute atomic E-state index is 0.0850. The van der Waals surface area contributed by atoms with Crippen molar-refractivity contribution in [2.75, 3.05) is 12.4 Å². The summed E-state index contributed by atoms with van der Waals surface area (Å²) in [6.45, 7) is 1.87. The van der Waals surface area contributed by atoms with Gasteiger partial charge in [0.2, 0.25) is 5.91 Å². The van der Waals surface area contributed by atoms with E-state index >= 15 is 0 Å². The van der Waals surface area contributed by atoms with E-state index in [1.807, 2.05) is 30.3 Å². The fourth-order valence-corrected chi connectivity index (χ4v) is 2.82. The maximum Gasteiger partial charge on any atom is 0.224 e. The molecule has 1 N–H and O–H groups in total. The maximum atomic E-state index is 12.1. The molecule has 1 heterocycles. The Bertz CT molecular complexity index is 637. The number of anilines is 1. The van der Waals surface area contributed by atoms with E-state index in [0.717, 1.165) is 25.2 Å². The monoisotopic (exact) mass is 280 g/mol. The van der Waals surface area contributed by atoms with E-state index in [-0.39, 0.29) is 5.91 Å². The summed E-state index contributed by atoms with van der Waals surface area (Å²) in [5, 5.41) is 3.07. The molecule has 0 saturated carbocycles. The van der Waals surface area contributed by atoms with Crippen LogP contribution in [-0.4, -0.2) is 17.9 Å². The first-order chi connectivity index (χ1) is 10.2. The highest BCUT2D eigenvalue weighted by molar-refractivity contribution is 5.91. The normalized spacial score (nSPS) is 14.0. The number of fused-ring (bicyclic) bond motifs is 1. The molecule has 0 spiro atoms. The molecule has 0 aromatic heterocycles. The largest absolute Gasteiger partial charge is 0.326 e. The number of nitrogens with zero attached hydrogens (tertiary/aromatic N) is 1. The number of amides is 1. The fraction of sp³-hybridized carbons (Fsp3) is 0.278. The minimum atomic E-state index is 0.0850. The van der Waals surface area contributed by atoms with Gasteiger partial charge in [0, 0.05) is 25.2 Å². The number of carbonyl (C=O) groups is 1. The quantitative estimate of drug-likeness (QED) is 0.932. The summed E-state index contributed by atoms with van der Waals surface area (Å²) in [6, 6.07) is 16.3. The number of nitrogens with one attached hydrogen (secondary N) is 1. The zero-order chi connectivity index (χ0) is 14.7. The van der Waals surface area contributed by atoms with Crippen LogP contribution in [0.1, 0.15) is 23.1 Å². The van der Waals surface area contributed by atoms with Crippen LogP contribution in [0.15, 0.2) is 48.5 Å². The molecule has 3 nitrogen and oxygen atoms in total. The molecule has 3 heteroatoms. The van der Waals surface area contributed by atoms with Crippen molar-refractivity contribution in [2.45, 2.75) is 25.9 Å². The zero-order valence-corrected chi connectivity index (χ0v) is 12.3. The molecule has 2 aromatic carbocycles. The van der Waals surface area contributed by atoms with Crippen LogP contribution in [0.4, 0.5) is 5.69 Å². The summed E-state index contributed by atoms with van der Waals surface area (Å²) < 4.78 is 0. The lowest BCUT2D eigenvalue weighted by Gasteiger charge is -2.10. The number of hydrogen-bond donors (Lipinski definition) is 1. The molecule has 0 saturated heterocycles. The van der Waals surface area contributed by atoms with Crippen molar-refractivity contribution in [1.29, 1.82) is 0 Å². The topological polar surface area (TPSA) is 32.3 Å². The highest BCUT2D eigenvalue weighted by Gasteiger charge is 2.19. The Morgan fingerprint density at radius 1 is 1.10 bits per heavy atom. The van der Waals surface area contributed by atoms with E-state index in [9.17, 15) is 4.79 Å². The van der Waals surface area contributed by atoms with Crippen LogP contribution in [0.25, 0.3) is 0 Å². The molecule has 1 aliphatic rings. The zero-order valence-electron chi connectivity index (χ0n) is 12.3. The van der Waals surface area contributed by atoms with Gasteiger partial charge in [0.1, 0.15) is 0 Å². The van der Waals surface area contributed by atoms with E-state index in [1.54, 1.807) is 0 Å². The van der Waals surface area contributed by atoms with Gasteiger partial charge >= 0.3 is 0 Å². The van der Waals surface area contributed by atoms with E-state index in [4.69, 9.17) is 0 Å². The van der Waals surface area contributed by atoms with Crippen molar-refractivity contribution in [2.24, 2.45) is 0 Å². The molecular formula is C18H20N2O. The molecule has 2 aromatic rings. The minimum Gasteiger partial charge on any atom is -0.326 e. The third-order valence-electron chi connectivity index (χ3n) is 3.90. The summed E-state index contributed by atoms with van der Waals surface area (Å²) in [5.41, 5.74) is 4.74. The fourth-order valence-electron chi connectivity index (χ4n) is 2.82. The van der Waals surface area contributed by atoms with Gasteiger partial charge in [0.15, 0.2) is 0 Å². The summed E-state index contributed by atoms with van der Waals surface area (Å²) in [7, 11) is 2.10. The van der Waals surface area contributed by atoms with Gasteiger partial charge in [-0.15, -0.1) is 0 Å². The second-order valence-corrected chi connectivity index (χ2v) is 5.65. The van der Waals surface area contributed by atoms with Crippen molar-refractivity contribution in [1.82, 2.24) is 4.90 Å². The van der Waals surface area contributed by atoms with Crippen molar-refractivity contribution in [3.8, 4) is 0 Å². The molecule has 0 atom stereocenters. The van der Waals surface area contributed by atoms with Gasteiger partial charge in [0.05, 0.1) is 0 Å². The Balaban J connectivity index is 1.62. The summed E-state index contributed by atoms with van der Waals surface area (Å²) >= 11 is 0. The average Bonchev–Trinajstić information content (AvgIpc) is 2.88. The number of carbonyl (C=O) groups excluding carboxylic acids is 1. The van der Waals surface area contributed by atoms with Gasteiger partial charge in [-0.3, -0.25) is 9.69 Å². The number of rotatable bonds is 4. The molecule has 0 bridgehead atoms. The van der Waals surface area contributed by atoms with Crippen LogP contribution in [-0.2, 0) is 24.3 Å². The Kier molecular flexibility index (Phi) is 4.02.